The van der Waals surface area contributed by atoms with E-state index in [4.69, 9.17) is 19.3 Å². The first-order chi connectivity index (χ1) is 13.9. The number of fused-ring (bicyclic) bond motifs is 1. The summed E-state index contributed by atoms with van der Waals surface area (Å²) in [6, 6.07) is 1.20. The maximum Gasteiger partial charge on any atom is 0.422 e. The molecule has 0 spiro atoms. The number of halogens is 4. The van der Waals surface area contributed by atoms with Gasteiger partial charge in [0.15, 0.2) is 18.5 Å². The van der Waals surface area contributed by atoms with Crippen molar-refractivity contribution in [2.45, 2.75) is 19.2 Å². The van der Waals surface area contributed by atoms with E-state index in [0.29, 0.717) is 4.68 Å². The van der Waals surface area contributed by atoms with E-state index in [1.807, 2.05) is 0 Å². The topological polar surface area (TPSA) is 101 Å². The highest BCUT2D eigenvalue weighted by atomic mass is 79.9. The fourth-order valence-electron chi connectivity index (χ4n) is 2.24. The molecule has 2 N–H and O–H groups in total. The molecule has 0 bridgehead atoms. The minimum atomic E-state index is -4.56. The average Bonchev–Trinajstić information content (AvgIpc) is 3.13. The summed E-state index contributed by atoms with van der Waals surface area (Å²) in [6.07, 6.45) is -3.27. The Labute approximate surface area is 163 Å². The number of hydrogen-bond donors (Lipinski definition) is 1. The van der Waals surface area contributed by atoms with Crippen molar-refractivity contribution in [3.05, 3.63) is 29.0 Å². The first-order valence-corrected chi connectivity index (χ1v) is 8.17. The van der Waals surface area contributed by atoms with E-state index in [-0.39, 0.29) is 38.5 Å². The second-order valence-electron chi connectivity index (χ2n) is 5.38. The molecule has 0 saturated carbocycles. The molecule has 8 nitrogen and oxygen atoms in total. The van der Waals surface area contributed by atoms with Gasteiger partial charge in [0.05, 0.1) is 15.4 Å². The molecular formula is C15H14BrF3N6O2. The molecule has 0 aliphatic rings. The van der Waals surface area contributed by atoms with E-state index in [2.05, 4.69) is 36.0 Å². The van der Waals surface area contributed by atoms with Gasteiger partial charge >= 0.3 is 6.18 Å². The van der Waals surface area contributed by atoms with Crippen LogP contribution in [-0.2, 0) is 6.98 Å². The SMILES string of the molecule is [2H]C([2H])([2H])n1cnc([C@@H](C)Oc2cc(OCC(F)(F)F)c(Br)c3ncnc(N)c23)n1. The summed E-state index contributed by atoms with van der Waals surface area (Å²) in [5.74, 6) is -0.107. The molecule has 0 aliphatic carbocycles. The lowest BCUT2D eigenvalue weighted by atomic mass is 10.2. The zero-order valence-corrected chi connectivity index (χ0v) is 15.2. The monoisotopic (exact) mass is 449 g/mol. The van der Waals surface area contributed by atoms with Crippen molar-refractivity contribution in [2.24, 2.45) is 6.98 Å². The van der Waals surface area contributed by atoms with E-state index in [0.717, 1.165) is 12.7 Å². The molecule has 3 rings (SSSR count). The molecule has 1 atom stereocenters. The van der Waals surface area contributed by atoms with Gasteiger partial charge in [0.2, 0.25) is 0 Å². The van der Waals surface area contributed by atoms with Crippen molar-refractivity contribution in [1.82, 2.24) is 24.7 Å². The summed E-state index contributed by atoms with van der Waals surface area (Å²) in [5, 5.41) is 4.08. The number of nitrogens with zero attached hydrogens (tertiary/aromatic N) is 5. The summed E-state index contributed by atoms with van der Waals surface area (Å²) < 4.78 is 71.3. The van der Waals surface area contributed by atoms with Gasteiger partial charge in [-0.25, -0.2) is 15.0 Å². The van der Waals surface area contributed by atoms with Gasteiger partial charge in [-0.1, -0.05) is 0 Å². The standard InChI is InChI=1S/C15H14BrF3N6O2/c1-7(14-23-6-25(2)24-14)27-8-3-9(26-4-15(17,18)19)11(16)12-10(8)13(20)22-5-21-12/h3,5-7H,4H2,1-2H3,(H2,20,21,22)/t7-/m1/s1/i2D3. The van der Waals surface area contributed by atoms with Crippen LogP contribution in [0, 0.1) is 0 Å². The Balaban J connectivity index is 2.01. The molecule has 1 aromatic carbocycles. The van der Waals surface area contributed by atoms with E-state index in [1.165, 1.54) is 13.0 Å². The van der Waals surface area contributed by atoms with Crippen molar-refractivity contribution >= 4 is 32.7 Å². The number of alkyl halides is 3. The molecule has 0 amide bonds. The number of ether oxygens (including phenoxy) is 2. The van der Waals surface area contributed by atoms with E-state index < -0.39 is 25.9 Å². The molecule has 0 unspecified atom stereocenters. The molecule has 0 aliphatic heterocycles. The molecule has 2 heterocycles. The summed E-state index contributed by atoms with van der Waals surface area (Å²) in [7, 11) is 0. The molecular weight excluding hydrogens is 433 g/mol. The Hall–Kier alpha value is -2.63. The summed E-state index contributed by atoms with van der Waals surface area (Å²) >= 11 is 3.17. The second kappa shape index (κ2) is 7.18. The number of anilines is 1. The van der Waals surface area contributed by atoms with Crippen LogP contribution in [0.1, 0.15) is 23.0 Å². The third kappa shape index (κ3) is 4.21. The summed E-state index contributed by atoms with van der Waals surface area (Å²) in [4.78, 5) is 11.8. The molecule has 12 heteroatoms. The van der Waals surface area contributed by atoms with Crippen molar-refractivity contribution < 1.29 is 26.8 Å². The lowest BCUT2D eigenvalue weighted by molar-refractivity contribution is -0.153. The highest BCUT2D eigenvalue weighted by Gasteiger charge is 2.29. The first kappa shape index (κ1) is 15.4. The van der Waals surface area contributed by atoms with E-state index in [1.54, 1.807) is 0 Å². The Morgan fingerprint density at radius 3 is 2.78 bits per heavy atom. The van der Waals surface area contributed by atoms with Crippen LogP contribution in [0.2, 0.25) is 0 Å². The van der Waals surface area contributed by atoms with Gasteiger partial charge in [-0.15, -0.1) is 0 Å². The van der Waals surface area contributed by atoms with Gasteiger partial charge in [0, 0.05) is 17.2 Å². The van der Waals surface area contributed by atoms with Crippen LogP contribution in [0.4, 0.5) is 19.0 Å². The molecule has 2 aromatic heterocycles. The third-order valence-corrected chi connectivity index (χ3v) is 4.14. The third-order valence-electron chi connectivity index (χ3n) is 3.38. The van der Waals surface area contributed by atoms with Crippen LogP contribution in [0.5, 0.6) is 11.5 Å². The van der Waals surface area contributed by atoms with Crippen molar-refractivity contribution in [2.75, 3.05) is 12.3 Å². The minimum Gasteiger partial charge on any atom is -0.483 e. The lowest BCUT2D eigenvalue weighted by Crippen LogP contribution is -2.19. The zero-order valence-electron chi connectivity index (χ0n) is 16.7. The zero-order chi connectivity index (χ0) is 22.3. The van der Waals surface area contributed by atoms with Crippen LogP contribution in [0.3, 0.4) is 0 Å². The van der Waals surface area contributed by atoms with Crippen molar-refractivity contribution in [3.63, 3.8) is 0 Å². The normalized spacial score (nSPS) is 15.1. The molecule has 27 heavy (non-hydrogen) atoms. The largest absolute Gasteiger partial charge is 0.483 e. The van der Waals surface area contributed by atoms with Crippen LogP contribution in [0.25, 0.3) is 10.9 Å². The Morgan fingerprint density at radius 2 is 2.11 bits per heavy atom. The lowest BCUT2D eigenvalue weighted by Gasteiger charge is -2.18. The van der Waals surface area contributed by atoms with E-state index in [9.17, 15) is 13.2 Å². The van der Waals surface area contributed by atoms with Gasteiger partial charge in [0.25, 0.3) is 0 Å². The highest BCUT2D eigenvalue weighted by Crippen LogP contribution is 2.41. The number of benzene rings is 1. The second-order valence-corrected chi connectivity index (χ2v) is 6.17. The van der Waals surface area contributed by atoms with Gasteiger partial charge in [-0.3, -0.25) is 4.68 Å². The molecule has 0 fully saturated rings. The van der Waals surface area contributed by atoms with Gasteiger partial charge in [0.1, 0.15) is 30.0 Å². The number of hydrogen-bond acceptors (Lipinski definition) is 7. The van der Waals surface area contributed by atoms with E-state index >= 15 is 0 Å². The summed E-state index contributed by atoms with van der Waals surface area (Å²) in [5.41, 5.74) is 6.08. The maximum atomic E-state index is 12.6. The van der Waals surface area contributed by atoms with Gasteiger partial charge in [-0.2, -0.15) is 18.3 Å². The van der Waals surface area contributed by atoms with Gasteiger partial charge < -0.3 is 15.2 Å². The number of aryl methyl sites for hydroxylation is 1. The van der Waals surface area contributed by atoms with Crippen LogP contribution < -0.4 is 15.2 Å². The Morgan fingerprint density at radius 1 is 1.33 bits per heavy atom. The van der Waals surface area contributed by atoms with Gasteiger partial charge in [-0.05, 0) is 22.9 Å². The maximum absolute atomic E-state index is 12.6. The minimum absolute atomic E-state index is 0.0150. The number of nitrogens with two attached hydrogens (primary N) is 1. The van der Waals surface area contributed by atoms with Crippen molar-refractivity contribution in [3.8, 4) is 11.5 Å². The van der Waals surface area contributed by atoms with Crippen LogP contribution >= 0.6 is 15.9 Å². The fraction of sp³-hybridized carbons (Fsp3) is 0.333. The number of rotatable bonds is 5. The quantitative estimate of drug-likeness (QED) is 0.637. The van der Waals surface area contributed by atoms with Crippen LogP contribution in [-0.4, -0.2) is 37.5 Å². The fourth-order valence-corrected chi connectivity index (χ4v) is 2.77. The molecule has 3 aromatic rings. The molecule has 144 valence electrons. The predicted octanol–water partition coefficient (Wildman–Crippen LogP) is 3.18. The smallest absolute Gasteiger partial charge is 0.422 e. The number of aromatic nitrogens is 5. The average molecular weight is 450 g/mol. The Kier molecular flexibility index (Phi) is 4.10. The molecule has 0 radical (unpaired) electrons. The van der Waals surface area contributed by atoms with Crippen LogP contribution in [0.15, 0.2) is 23.2 Å². The first-order valence-electron chi connectivity index (χ1n) is 8.87. The number of nitrogen functional groups attached to an aromatic ring is 1. The summed E-state index contributed by atoms with van der Waals surface area (Å²) in [6.45, 7) is -2.52. The van der Waals surface area contributed by atoms with Crippen molar-refractivity contribution in [1.29, 1.82) is 0 Å². The predicted molar refractivity (Wildman–Crippen MR) is 93.2 cm³/mol. The highest BCUT2D eigenvalue weighted by molar-refractivity contribution is 9.10. The Bertz CT molecular complexity index is 1080. The molecule has 0 saturated heterocycles.